The average Bonchev–Trinajstić information content (AvgIpc) is 2.23. The number of hydrogen-bond acceptors (Lipinski definition) is 2. The highest BCUT2D eigenvalue weighted by Crippen LogP contribution is 2.51. The number of hydrogen-bond donors (Lipinski definition) is 1. The molecule has 1 saturated carbocycles. The molecule has 0 spiro atoms. The molecule has 0 aliphatic heterocycles. The van der Waals surface area contributed by atoms with E-state index in [0.717, 1.165) is 18.4 Å². The zero-order valence-corrected chi connectivity index (χ0v) is 11.6. The largest absolute Gasteiger partial charge is 0.435 e. The van der Waals surface area contributed by atoms with Crippen molar-refractivity contribution in [2.24, 2.45) is 17.1 Å². The normalized spacial score (nSPS) is 27.2. The zero-order chi connectivity index (χ0) is 14.3. The van der Waals surface area contributed by atoms with Gasteiger partial charge in [0, 0.05) is 5.54 Å². The Bertz CT molecular complexity index is 430. The van der Waals surface area contributed by atoms with Gasteiger partial charge in [-0.3, -0.25) is 0 Å². The molecule has 2 nitrogen and oxygen atoms in total. The standard InChI is InChI=1S/C15H21F2NO/c1-14(2,3)11-8-15(18,9-11)10-4-6-12(7-5-10)19-13(16)17/h4-7,11,13H,8-9,18H2,1-3H3. The number of rotatable bonds is 3. The van der Waals surface area contributed by atoms with Gasteiger partial charge in [-0.2, -0.15) is 8.78 Å². The van der Waals surface area contributed by atoms with Crippen molar-refractivity contribution in [3.8, 4) is 5.75 Å². The van der Waals surface area contributed by atoms with E-state index in [1.54, 1.807) is 24.3 Å². The van der Waals surface area contributed by atoms with Crippen molar-refractivity contribution in [2.45, 2.75) is 45.8 Å². The van der Waals surface area contributed by atoms with Crippen molar-refractivity contribution in [3.05, 3.63) is 29.8 Å². The summed E-state index contributed by atoms with van der Waals surface area (Å²) in [6, 6.07) is 6.69. The molecule has 1 aromatic carbocycles. The van der Waals surface area contributed by atoms with Crippen LogP contribution in [0.2, 0.25) is 0 Å². The van der Waals surface area contributed by atoms with Crippen LogP contribution in [0.5, 0.6) is 5.75 Å². The molecule has 0 amide bonds. The molecule has 1 fully saturated rings. The molecular weight excluding hydrogens is 248 g/mol. The maximum atomic E-state index is 12.1. The summed E-state index contributed by atoms with van der Waals surface area (Å²) in [5, 5.41) is 0. The molecule has 0 saturated heterocycles. The summed E-state index contributed by atoms with van der Waals surface area (Å²) in [5.74, 6) is 0.781. The van der Waals surface area contributed by atoms with Gasteiger partial charge < -0.3 is 10.5 Å². The summed E-state index contributed by atoms with van der Waals surface area (Å²) in [4.78, 5) is 0. The van der Waals surface area contributed by atoms with E-state index in [2.05, 4.69) is 25.5 Å². The highest BCUT2D eigenvalue weighted by atomic mass is 19.3. The third-order valence-corrected chi connectivity index (χ3v) is 4.10. The maximum Gasteiger partial charge on any atom is 0.387 e. The number of halogens is 2. The molecule has 0 heterocycles. The van der Waals surface area contributed by atoms with E-state index in [9.17, 15) is 8.78 Å². The van der Waals surface area contributed by atoms with Crippen molar-refractivity contribution < 1.29 is 13.5 Å². The number of nitrogens with two attached hydrogens (primary N) is 1. The van der Waals surface area contributed by atoms with Gasteiger partial charge in [0.1, 0.15) is 5.75 Å². The quantitative estimate of drug-likeness (QED) is 0.903. The van der Waals surface area contributed by atoms with Gasteiger partial charge in [0.15, 0.2) is 0 Å². The van der Waals surface area contributed by atoms with Gasteiger partial charge in [-0.15, -0.1) is 0 Å². The van der Waals surface area contributed by atoms with Gasteiger partial charge in [-0.05, 0) is 41.9 Å². The highest BCUT2D eigenvalue weighted by molar-refractivity contribution is 5.33. The molecule has 1 aliphatic rings. The fourth-order valence-electron chi connectivity index (χ4n) is 2.64. The molecule has 0 unspecified atom stereocenters. The van der Waals surface area contributed by atoms with E-state index in [1.165, 1.54) is 0 Å². The third kappa shape index (κ3) is 3.06. The SMILES string of the molecule is CC(C)(C)C1CC(N)(c2ccc(OC(F)F)cc2)C1. The Labute approximate surface area is 112 Å². The molecular formula is C15H21F2NO. The first-order chi connectivity index (χ1) is 8.71. The minimum atomic E-state index is -2.79. The van der Waals surface area contributed by atoms with Gasteiger partial charge in [0.25, 0.3) is 0 Å². The molecule has 0 atom stereocenters. The van der Waals surface area contributed by atoms with Gasteiger partial charge in [-0.25, -0.2) is 0 Å². The van der Waals surface area contributed by atoms with Gasteiger partial charge in [-0.1, -0.05) is 32.9 Å². The van der Waals surface area contributed by atoms with Crippen LogP contribution in [0.3, 0.4) is 0 Å². The van der Waals surface area contributed by atoms with E-state index in [-0.39, 0.29) is 16.7 Å². The monoisotopic (exact) mass is 269 g/mol. The van der Waals surface area contributed by atoms with Crippen molar-refractivity contribution in [3.63, 3.8) is 0 Å². The van der Waals surface area contributed by atoms with Gasteiger partial charge in [0.05, 0.1) is 0 Å². The molecule has 0 bridgehead atoms. The second-order valence-corrected chi connectivity index (χ2v) is 6.53. The van der Waals surface area contributed by atoms with Crippen LogP contribution in [0.1, 0.15) is 39.2 Å². The first kappa shape index (κ1) is 14.3. The predicted molar refractivity (Wildman–Crippen MR) is 71.1 cm³/mol. The summed E-state index contributed by atoms with van der Waals surface area (Å²) >= 11 is 0. The fraction of sp³-hybridized carbons (Fsp3) is 0.600. The lowest BCUT2D eigenvalue weighted by Crippen LogP contribution is -2.52. The summed E-state index contributed by atoms with van der Waals surface area (Å²) < 4.78 is 28.5. The first-order valence-electron chi connectivity index (χ1n) is 6.55. The number of benzene rings is 1. The maximum absolute atomic E-state index is 12.1. The smallest absolute Gasteiger partial charge is 0.387 e. The molecule has 0 radical (unpaired) electrons. The van der Waals surface area contributed by atoms with Crippen molar-refractivity contribution in [2.75, 3.05) is 0 Å². The lowest BCUT2D eigenvalue weighted by Gasteiger charge is -2.51. The molecule has 19 heavy (non-hydrogen) atoms. The highest BCUT2D eigenvalue weighted by Gasteiger charge is 2.46. The Morgan fingerprint density at radius 3 is 2.16 bits per heavy atom. The van der Waals surface area contributed by atoms with E-state index < -0.39 is 6.61 Å². The van der Waals surface area contributed by atoms with Crippen LogP contribution in [-0.2, 0) is 5.54 Å². The molecule has 2 N–H and O–H groups in total. The van der Waals surface area contributed by atoms with E-state index >= 15 is 0 Å². The van der Waals surface area contributed by atoms with Crippen molar-refractivity contribution in [1.82, 2.24) is 0 Å². The summed E-state index contributed by atoms with van der Waals surface area (Å²) in [6.45, 7) is 3.87. The molecule has 1 aliphatic carbocycles. The van der Waals surface area contributed by atoms with E-state index in [4.69, 9.17) is 5.73 Å². The minimum absolute atomic E-state index is 0.175. The van der Waals surface area contributed by atoms with E-state index in [1.807, 2.05) is 0 Å². The van der Waals surface area contributed by atoms with Crippen molar-refractivity contribution in [1.29, 1.82) is 0 Å². The lowest BCUT2D eigenvalue weighted by atomic mass is 9.57. The Balaban J connectivity index is 2.04. The molecule has 0 aromatic heterocycles. The summed E-state index contributed by atoms with van der Waals surface area (Å²) in [6.07, 6.45) is 1.87. The second kappa shape index (κ2) is 4.75. The topological polar surface area (TPSA) is 35.2 Å². The van der Waals surface area contributed by atoms with Crippen LogP contribution >= 0.6 is 0 Å². The Kier molecular flexibility index (Phi) is 3.56. The Morgan fingerprint density at radius 1 is 1.21 bits per heavy atom. The fourth-order valence-corrected chi connectivity index (χ4v) is 2.64. The zero-order valence-electron chi connectivity index (χ0n) is 11.6. The van der Waals surface area contributed by atoms with Crippen LogP contribution in [-0.4, -0.2) is 6.61 Å². The van der Waals surface area contributed by atoms with Crippen LogP contribution in [0.4, 0.5) is 8.78 Å². The molecule has 2 rings (SSSR count). The van der Waals surface area contributed by atoms with Gasteiger partial charge in [0.2, 0.25) is 0 Å². The summed E-state index contributed by atoms with van der Waals surface area (Å²) in [5.41, 5.74) is 7.32. The number of ether oxygens (including phenoxy) is 1. The van der Waals surface area contributed by atoms with Crippen LogP contribution in [0.25, 0.3) is 0 Å². The first-order valence-corrected chi connectivity index (χ1v) is 6.55. The third-order valence-electron chi connectivity index (χ3n) is 4.10. The van der Waals surface area contributed by atoms with Crippen LogP contribution < -0.4 is 10.5 Å². The van der Waals surface area contributed by atoms with E-state index in [0.29, 0.717) is 5.92 Å². The molecule has 106 valence electrons. The Hall–Kier alpha value is -1.16. The minimum Gasteiger partial charge on any atom is -0.435 e. The Morgan fingerprint density at radius 2 is 1.74 bits per heavy atom. The molecule has 1 aromatic rings. The van der Waals surface area contributed by atoms with Gasteiger partial charge >= 0.3 is 6.61 Å². The summed E-state index contributed by atoms with van der Waals surface area (Å²) in [7, 11) is 0. The predicted octanol–water partition coefficient (Wildman–Crippen LogP) is 3.90. The van der Waals surface area contributed by atoms with Crippen LogP contribution in [0, 0.1) is 11.3 Å². The lowest BCUT2D eigenvalue weighted by molar-refractivity contribution is -0.0498. The second-order valence-electron chi connectivity index (χ2n) is 6.53. The molecule has 4 heteroatoms. The average molecular weight is 269 g/mol. The van der Waals surface area contributed by atoms with Crippen molar-refractivity contribution >= 4 is 0 Å². The number of alkyl halides is 2. The van der Waals surface area contributed by atoms with Crippen LogP contribution in [0.15, 0.2) is 24.3 Å².